The van der Waals surface area contributed by atoms with E-state index >= 15 is 0 Å². The van der Waals surface area contributed by atoms with Crippen LogP contribution in [0.15, 0.2) is 6.20 Å². The monoisotopic (exact) mass is 396 g/mol. The van der Waals surface area contributed by atoms with Gasteiger partial charge in [0.25, 0.3) is 0 Å². The summed E-state index contributed by atoms with van der Waals surface area (Å²) in [5, 5.41) is 7.98. The normalized spacial score (nSPS) is 18.6. The van der Waals surface area contributed by atoms with Crippen LogP contribution >= 0.6 is 0 Å². The number of nitrogens with zero attached hydrogens (tertiary/aromatic N) is 5. The first-order chi connectivity index (χ1) is 13.9. The first-order valence-electron chi connectivity index (χ1n) is 10.8. The Morgan fingerprint density at radius 1 is 1.28 bits per heavy atom. The molecule has 0 unspecified atom stereocenters. The minimum atomic E-state index is 0.0743. The third-order valence-electron chi connectivity index (χ3n) is 6.61. The zero-order chi connectivity index (χ0) is 20.5. The van der Waals surface area contributed by atoms with E-state index in [2.05, 4.69) is 36.2 Å². The van der Waals surface area contributed by atoms with Crippen LogP contribution in [0.5, 0.6) is 0 Å². The first-order valence-corrected chi connectivity index (χ1v) is 10.8. The highest BCUT2D eigenvalue weighted by molar-refractivity contribution is 5.76. The highest BCUT2D eigenvalue weighted by Gasteiger charge is 2.27. The van der Waals surface area contributed by atoms with Crippen molar-refractivity contribution < 1.29 is 4.79 Å². The average Bonchev–Trinajstić information content (AvgIpc) is 3.01. The topological polar surface area (TPSA) is 75.9 Å². The number of aryl methyl sites for hydroxylation is 1. The number of carbonyl (C=O) groups excluding carboxylic acids is 1. The molecule has 0 saturated carbocycles. The second-order valence-electron chi connectivity index (χ2n) is 8.58. The molecule has 4 rings (SSSR count). The molecule has 29 heavy (non-hydrogen) atoms. The lowest BCUT2D eigenvalue weighted by atomic mass is 9.95. The third kappa shape index (κ3) is 4.06. The predicted molar refractivity (Wildman–Crippen MR) is 112 cm³/mol. The molecule has 1 atom stereocenters. The molecule has 0 aromatic carbocycles. The number of piperidine rings is 1. The Morgan fingerprint density at radius 2 is 2.03 bits per heavy atom. The molecule has 2 aliphatic rings. The van der Waals surface area contributed by atoms with Gasteiger partial charge in [-0.25, -0.2) is 9.97 Å². The van der Waals surface area contributed by atoms with E-state index in [1.807, 2.05) is 22.7 Å². The third-order valence-corrected chi connectivity index (χ3v) is 6.61. The molecular weight excluding hydrogens is 364 g/mol. The number of hydrogen-bond acceptors (Lipinski definition) is 5. The van der Waals surface area contributed by atoms with Crippen molar-refractivity contribution in [2.24, 2.45) is 0 Å². The minimum absolute atomic E-state index is 0.0743. The zero-order valence-electron chi connectivity index (χ0n) is 18.0. The summed E-state index contributed by atoms with van der Waals surface area (Å²) in [6, 6.07) is 0.0743. The number of rotatable bonds is 4. The summed E-state index contributed by atoms with van der Waals surface area (Å²) in [7, 11) is 0. The number of fused-ring (bicyclic) bond motifs is 1. The van der Waals surface area contributed by atoms with Gasteiger partial charge in [0.2, 0.25) is 5.91 Å². The fourth-order valence-corrected chi connectivity index (χ4v) is 4.48. The molecule has 7 nitrogen and oxygen atoms in total. The van der Waals surface area contributed by atoms with E-state index in [-0.39, 0.29) is 11.9 Å². The van der Waals surface area contributed by atoms with Gasteiger partial charge in [0.15, 0.2) is 0 Å². The van der Waals surface area contributed by atoms with Crippen LogP contribution in [0, 0.1) is 20.8 Å². The fourth-order valence-electron chi connectivity index (χ4n) is 4.48. The van der Waals surface area contributed by atoms with E-state index in [0.29, 0.717) is 12.3 Å². The highest BCUT2D eigenvalue weighted by Crippen LogP contribution is 2.28. The summed E-state index contributed by atoms with van der Waals surface area (Å²) in [4.78, 5) is 24.4. The molecule has 1 saturated heterocycles. The Labute approximate surface area is 172 Å². The summed E-state index contributed by atoms with van der Waals surface area (Å²) >= 11 is 0. The Morgan fingerprint density at radius 3 is 2.72 bits per heavy atom. The summed E-state index contributed by atoms with van der Waals surface area (Å²) in [6.07, 6.45) is 5.34. The van der Waals surface area contributed by atoms with Crippen LogP contribution in [0.3, 0.4) is 0 Å². The van der Waals surface area contributed by atoms with Crippen LogP contribution < -0.4 is 5.32 Å². The largest absolute Gasteiger partial charge is 0.343 e. The Balaban J connectivity index is 1.34. The van der Waals surface area contributed by atoms with E-state index in [0.717, 1.165) is 62.7 Å². The van der Waals surface area contributed by atoms with Crippen LogP contribution in [0.25, 0.3) is 0 Å². The van der Waals surface area contributed by atoms with E-state index in [4.69, 9.17) is 4.98 Å². The van der Waals surface area contributed by atoms with Gasteiger partial charge in [-0.05, 0) is 46.1 Å². The maximum atomic E-state index is 12.9. The molecule has 1 fully saturated rings. The number of amides is 1. The van der Waals surface area contributed by atoms with Crippen molar-refractivity contribution in [2.45, 2.75) is 71.9 Å². The number of nitrogens with one attached hydrogen (secondary N) is 1. The molecule has 0 radical (unpaired) electrons. The van der Waals surface area contributed by atoms with Gasteiger partial charge in [-0.15, -0.1) is 0 Å². The van der Waals surface area contributed by atoms with Crippen LogP contribution in [0.4, 0.5) is 0 Å². The quantitative estimate of drug-likeness (QED) is 0.860. The molecule has 1 amide bonds. The SMILES string of the molecule is Cc1nn([C@H](C)CC(=O)N2CCC(c3ncc4c(n3)CCNC4)CC2)c(C)c1C. The molecule has 0 aliphatic carbocycles. The van der Waals surface area contributed by atoms with E-state index < -0.39 is 0 Å². The summed E-state index contributed by atoms with van der Waals surface area (Å²) < 4.78 is 2.01. The van der Waals surface area contributed by atoms with Crippen molar-refractivity contribution in [3.8, 4) is 0 Å². The lowest BCUT2D eigenvalue weighted by Gasteiger charge is -2.32. The van der Waals surface area contributed by atoms with E-state index in [9.17, 15) is 4.79 Å². The smallest absolute Gasteiger partial charge is 0.224 e. The van der Waals surface area contributed by atoms with Crippen molar-refractivity contribution in [1.29, 1.82) is 0 Å². The van der Waals surface area contributed by atoms with Crippen LogP contribution in [0.1, 0.15) is 72.2 Å². The van der Waals surface area contributed by atoms with Crippen molar-refractivity contribution in [3.63, 3.8) is 0 Å². The van der Waals surface area contributed by atoms with Crippen molar-refractivity contribution in [1.82, 2.24) is 30.0 Å². The summed E-state index contributed by atoms with van der Waals surface area (Å²) in [5.41, 5.74) is 5.83. The average molecular weight is 397 g/mol. The highest BCUT2D eigenvalue weighted by atomic mass is 16.2. The first kappa shape index (κ1) is 20.0. The molecule has 2 aliphatic heterocycles. The lowest BCUT2D eigenvalue weighted by Crippen LogP contribution is -2.39. The Kier molecular flexibility index (Phi) is 5.67. The maximum Gasteiger partial charge on any atom is 0.224 e. The molecule has 2 aromatic heterocycles. The molecular formula is C22H32N6O. The second kappa shape index (κ2) is 8.22. The van der Waals surface area contributed by atoms with Gasteiger partial charge in [-0.2, -0.15) is 5.10 Å². The molecule has 0 spiro atoms. The van der Waals surface area contributed by atoms with Gasteiger partial charge in [0, 0.05) is 68.1 Å². The van der Waals surface area contributed by atoms with Gasteiger partial charge in [-0.3, -0.25) is 9.48 Å². The minimum Gasteiger partial charge on any atom is -0.343 e. The molecule has 0 bridgehead atoms. The number of carbonyl (C=O) groups is 1. The lowest BCUT2D eigenvalue weighted by molar-refractivity contribution is -0.133. The second-order valence-corrected chi connectivity index (χ2v) is 8.58. The molecule has 156 valence electrons. The Hall–Kier alpha value is -2.28. The van der Waals surface area contributed by atoms with Crippen LogP contribution in [0.2, 0.25) is 0 Å². The number of likely N-dealkylation sites (tertiary alicyclic amines) is 1. The Bertz CT molecular complexity index is 897. The van der Waals surface area contributed by atoms with Gasteiger partial charge < -0.3 is 10.2 Å². The molecule has 2 aromatic rings. The molecule has 7 heteroatoms. The standard InChI is InChI=1S/C22H32N6O/c1-14(28-17(4)15(2)16(3)26-28)11-21(29)27-9-6-18(7-10-27)22-24-13-19-12-23-8-5-20(19)25-22/h13-14,18,23H,5-12H2,1-4H3/t14-/m1/s1. The molecule has 4 heterocycles. The fraction of sp³-hybridized carbons (Fsp3) is 0.636. The van der Waals surface area contributed by atoms with Gasteiger partial charge in [-0.1, -0.05) is 0 Å². The number of hydrogen-bond donors (Lipinski definition) is 1. The van der Waals surface area contributed by atoms with Crippen molar-refractivity contribution in [2.75, 3.05) is 19.6 Å². The van der Waals surface area contributed by atoms with Crippen molar-refractivity contribution in [3.05, 3.63) is 40.2 Å². The van der Waals surface area contributed by atoms with Crippen LogP contribution in [-0.2, 0) is 17.8 Å². The van der Waals surface area contributed by atoms with Crippen LogP contribution in [-0.4, -0.2) is 50.2 Å². The van der Waals surface area contributed by atoms with Crippen molar-refractivity contribution >= 4 is 5.91 Å². The maximum absolute atomic E-state index is 12.9. The zero-order valence-corrected chi connectivity index (χ0v) is 18.0. The van der Waals surface area contributed by atoms with Gasteiger partial charge in [0.05, 0.1) is 11.7 Å². The van der Waals surface area contributed by atoms with E-state index in [1.54, 1.807) is 0 Å². The summed E-state index contributed by atoms with van der Waals surface area (Å²) in [6.45, 7) is 11.7. The molecule has 1 N–H and O–H groups in total. The van der Waals surface area contributed by atoms with Gasteiger partial charge >= 0.3 is 0 Å². The number of aromatic nitrogens is 4. The summed E-state index contributed by atoms with van der Waals surface area (Å²) in [5.74, 6) is 1.54. The van der Waals surface area contributed by atoms with Gasteiger partial charge in [0.1, 0.15) is 5.82 Å². The predicted octanol–water partition coefficient (Wildman–Crippen LogP) is 2.60. The van der Waals surface area contributed by atoms with E-state index in [1.165, 1.54) is 16.8 Å².